The van der Waals surface area contributed by atoms with E-state index in [0.29, 0.717) is 38.0 Å². The molecular weight excluding hydrogens is 292 g/mol. The zero-order valence-electron chi connectivity index (χ0n) is 12.7. The molecule has 2 amide bonds. The first-order chi connectivity index (χ1) is 11.1. The number of aryl methyl sites for hydroxylation is 1. The van der Waals surface area contributed by atoms with Gasteiger partial charge in [0.2, 0.25) is 11.7 Å². The largest absolute Gasteiger partial charge is 0.363 e. The monoisotopic (exact) mass is 309 g/mol. The highest BCUT2D eigenvalue weighted by Crippen LogP contribution is 2.17. The number of hydrogen-bond acceptors (Lipinski definition) is 4. The van der Waals surface area contributed by atoms with Crippen molar-refractivity contribution in [2.24, 2.45) is 5.73 Å². The molecule has 0 fully saturated rings. The summed E-state index contributed by atoms with van der Waals surface area (Å²) in [7, 11) is 0. The van der Waals surface area contributed by atoms with E-state index in [4.69, 9.17) is 5.73 Å². The fourth-order valence-corrected chi connectivity index (χ4v) is 2.62. The van der Waals surface area contributed by atoms with Gasteiger partial charge in [0, 0.05) is 18.5 Å². The summed E-state index contributed by atoms with van der Waals surface area (Å²) >= 11 is 0. The Morgan fingerprint density at radius 1 is 1.26 bits per heavy atom. The van der Waals surface area contributed by atoms with Gasteiger partial charge in [-0.05, 0) is 18.4 Å². The first-order valence-corrected chi connectivity index (χ1v) is 7.52. The summed E-state index contributed by atoms with van der Waals surface area (Å²) in [6, 6.07) is 9.92. The first kappa shape index (κ1) is 15.1. The third kappa shape index (κ3) is 3.53. The summed E-state index contributed by atoms with van der Waals surface area (Å²) in [5.41, 5.74) is 7.84. The number of nitrogens with zero attached hydrogens (tertiary/aromatic N) is 3. The fraction of sp³-hybridized carbons (Fsp3) is 0.294. The van der Waals surface area contributed by atoms with Crippen molar-refractivity contribution in [3.8, 4) is 0 Å². The van der Waals surface area contributed by atoms with E-state index >= 15 is 0 Å². The van der Waals surface area contributed by atoms with Crippen LogP contribution in [0.4, 0.5) is 0 Å². The lowest BCUT2D eigenvalue weighted by atomic mass is 10.1. The van der Waals surface area contributed by atoms with E-state index in [2.05, 4.69) is 16.2 Å². The van der Waals surface area contributed by atoms with Gasteiger partial charge in [-0.2, -0.15) is 0 Å². The average Bonchev–Trinajstić information content (AvgIpc) is 2.59. The number of primary amides is 1. The summed E-state index contributed by atoms with van der Waals surface area (Å²) in [4.78, 5) is 33.3. The van der Waals surface area contributed by atoms with E-state index in [1.807, 2.05) is 30.3 Å². The zero-order chi connectivity index (χ0) is 16.2. The number of fused-ring (bicyclic) bond motifs is 1. The molecule has 2 heterocycles. The first-order valence-electron chi connectivity index (χ1n) is 7.52. The molecule has 0 atom stereocenters. The number of benzene rings is 1. The third-order valence-corrected chi connectivity index (χ3v) is 3.90. The van der Waals surface area contributed by atoms with Crippen LogP contribution in [0.3, 0.4) is 0 Å². The molecule has 6 nitrogen and oxygen atoms in total. The maximum Gasteiger partial charge on any atom is 0.286 e. The number of carbonyl (C=O) groups is 2. The van der Waals surface area contributed by atoms with Crippen LogP contribution in [-0.2, 0) is 24.2 Å². The Labute approximate surface area is 134 Å². The van der Waals surface area contributed by atoms with E-state index in [9.17, 15) is 9.59 Å². The van der Waals surface area contributed by atoms with Gasteiger partial charge in [-0.3, -0.25) is 9.59 Å². The quantitative estimate of drug-likeness (QED) is 0.908. The van der Waals surface area contributed by atoms with Crippen molar-refractivity contribution in [1.82, 2.24) is 14.9 Å². The Bertz CT molecular complexity index is 731. The Kier molecular flexibility index (Phi) is 4.32. The minimum Gasteiger partial charge on any atom is -0.363 e. The van der Waals surface area contributed by atoms with Crippen LogP contribution >= 0.6 is 0 Å². The molecule has 2 N–H and O–H groups in total. The highest BCUT2D eigenvalue weighted by molar-refractivity contribution is 5.88. The molecule has 0 aliphatic carbocycles. The summed E-state index contributed by atoms with van der Waals surface area (Å²) < 4.78 is 0. The van der Waals surface area contributed by atoms with Crippen LogP contribution in [0.5, 0.6) is 0 Å². The summed E-state index contributed by atoms with van der Waals surface area (Å²) in [5.74, 6) is -0.655. The van der Waals surface area contributed by atoms with E-state index in [1.54, 1.807) is 4.90 Å². The molecule has 0 unspecified atom stereocenters. The Morgan fingerprint density at radius 2 is 2.04 bits per heavy atom. The normalized spacial score (nSPS) is 13.5. The number of nitrogens with two attached hydrogens (primary N) is 1. The molecule has 0 spiro atoms. The van der Waals surface area contributed by atoms with Crippen LogP contribution in [0, 0.1) is 6.20 Å². The molecule has 0 bridgehead atoms. The van der Waals surface area contributed by atoms with Crippen molar-refractivity contribution in [2.45, 2.75) is 25.8 Å². The molecule has 1 aliphatic rings. The standard InChI is InChI=1S/C17H17N4O2/c18-16(23)17-19-10-13-8-9-21(11-14(13)20-17)15(22)7-6-12-4-2-1-3-5-12/h1-5H,6-9,11H2,(H2,18,23). The van der Waals surface area contributed by atoms with Gasteiger partial charge in [0.15, 0.2) is 0 Å². The van der Waals surface area contributed by atoms with E-state index < -0.39 is 5.91 Å². The molecule has 117 valence electrons. The average molecular weight is 309 g/mol. The topological polar surface area (TPSA) is 89.2 Å². The van der Waals surface area contributed by atoms with Crippen LogP contribution in [0.25, 0.3) is 0 Å². The van der Waals surface area contributed by atoms with Crippen LogP contribution in [0.1, 0.15) is 33.9 Å². The van der Waals surface area contributed by atoms with Gasteiger partial charge in [0.25, 0.3) is 5.91 Å². The molecular formula is C17H17N4O2. The van der Waals surface area contributed by atoms with Gasteiger partial charge in [0.05, 0.1) is 18.4 Å². The van der Waals surface area contributed by atoms with Crippen molar-refractivity contribution in [3.63, 3.8) is 0 Å². The second-order valence-electron chi connectivity index (χ2n) is 5.50. The Morgan fingerprint density at radius 3 is 2.78 bits per heavy atom. The van der Waals surface area contributed by atoms with Crippen LogP contribution in [-0.4, -0.2) is 33.2 Å². The molecule has 0 saturated carbocycles. The number of hydrogen-bond donors (Lipinski definition) is 1. The maximum atomic E-state index is 12.4. The molecule has 1 aromatic carbocycles. The van der Waals surface area contributed by atoms with E-state index in [-0.39, 0.29) is 11.7 Å². The zero-order valence-corrected chi connectivity index (χ0v) is 12.7. The second-order valence-corrected chi connectivity index (χ2v) is 5.50. The molecule has 3 rings (SSSR count). The lowest BCUT2D eigenvalue weighted by Gasteiger charge is -2.28. The molecule has 0 saturated heterocycles. The predicted molar refractivity (Wildman–Crippen MR) is 83.3 cm³/mol. The third-order valence-electron chi connectivity index (χ3n) is 3.90. The van der Waals surface area contributed by atoms with Crippen LogP contribution in [0.15, 0.2) is 30.3 Å². The highest BCUT2D eigenvalue weighted by Gasteiger charge is 2.23. The summed E-state index contributed by atoms with van der Waals surface area (Å²) in [5, 5.41) is 0. The van der Waals surface area contributed by atoms with Gasteiger partial charge < -0.3 is 10.6 Å². The van der Waals surface area contributed by atoms with Crippen molar-refractivity contribution >= 4 is 11.8 Å². The molecule has 2 aromatic rings. The van der Waals surface area contributed by atoms with Gasteiger partial charge >= 0.3 is 0 Å². The van der Waals surface area contributed by atoms with Crippen LogP contribution < -0.4 is 5.73 Å². The summed E-state index contributed by atoms with van der Waals surface area (Å²) in [6.45, 7) is 0.999. The van der Waals surface area contributed by atoms with E-state index in [0.717, 1.165) is 11.1 Å². The molecule has 1 radical (unpaired) electrons. The smallest absolute Gasteiger partial charge is 0.286 e. The van der Waals surface area contributed by atoms with Gasteiger partial charge in [-0.25, -0.2) is 9.97 Å². The summed E-state index contributed by atoms with van der Waals surface area (Å²) in [6.07, 6.45) is 4.62. The van der Waals surface area contributed by atoms with Crippen molar-refractivity contribution in [3.05, 3.63) is 59.2 Å². The molecule has 1 aromatic heterocycles. The molecule has 6 heteroatoms. The maximum absolute atomic E-state index is 12.4. The van der Waals surface area contributed by atoms with Crippen LogP contribution in [0.2, 0.25) is 0 Å². The van der Waals surface area contributed by atoms with Crippen molar-refractivity contribution < 1.29 is 9.59 Å². The second kappa shape index (κ2) is 6.56. The minimum absolute atomic E-state index is 0.0534. The number of amides is 2. The Hall–Kier alpha value is -2.76. The predicted octanol–water partition coefficient (Wildman–Crippen LogP) is 0.893. The van der Waals surface area contributed by atoms with Gasteiger partial charge in [-0.1, -0.05) is 30.3 Å². The lowest BCUT2D eigenvalue weighted by Crippen LogP contribution is -2.37. The fourth-order valence-electron chi connectivity index (χ4n) is 2.62. The van der Waals surface area contributed by atoms with Crippen molar-refractivity contribution in [1.29, 1.82) is 0 Å². The lowest BCUT2D eigenvalue weighted by molar-refractivity contribution is -0.132. The highest BCUT2D eigenvalue weighted by atomic mass is 16.2. The molecule has 1 aliphatic heterocycles. The van der Waals surface area contributed by atoms with Gasteiger partial charge in [-0.15, -0.1) is 0 Å². The number of rotatable bonds is 4. The molecule has 23 heavy (non-hydrogen) atoms. The Balaban J connectivity index is 1.65. The SMILES string of the molecule is NC(=O)c1n[c]c2c(n1)CN(C(=O)CCc1ccccc1)CC2. The number of aromatic nitrogens is 2. The minimum atomic E-state index is -0.684. The number of carbonyl (C=O) groups excluding carboxylic acids is 2. The van der Waals surface area contributed by atoms with Gasteiger partial charge in [0.1, 0.15) is 0 Å². The van der Waals surface area contributed by atoms with E-state index in [1.165, 1.54) is 0 Å². The van der Waals surface area contributed by atoms with Crippen molar-refractivity contribution in [2.75, 3.05) is 6.54 Å².